The number of furan rings is 1. The number of likely N-dealkylation sites (N-methyl/N-ethyl adjacent to an activating group) is 1. The van der Waals surface area contributed by atoms with Gasteiger partial charge in [0, 0.05) is 12.6 Å². The van der Waals surface area contributed by atoms with Gasteiger partial charge in [0.25, 0.3) is 10.0 Å². The van der Waals surface area contributed by atoms with Crippen molar-refractivity contribution in [2.24, 2.45) is 0 Å². The molecule has 0 spiro atoms. The van der Waals surface area contributed by atoms with Gasteiger partial charge >= 0.3 is 5.97 Å². The number of carboxylic acids is 1. The summed E-state index contributed by atoms with van der Waals surface area (Å²) in [6, 6.07) is 2.44. The van der Waals surface area contributed by atoms with Crippen LogP contribution in [0.1, 0.15) is 29.8 Å². The number of sulfonamides is 1. The van der Waals surface area contributed by atoms with Crippen LogP contribution in [0.2, 0.25) is 0 Å². The third-order valence-electron chi connectivity index (χ3n) is 3.49. The molecule has 0 amide bonds. The van der Waals surface area contributed by atoms with Crippen LogP contribution in [-0.4, -0.2) is 50.6 Å². The zero-order valence-corrected chi connectivity index (χ0v) is 12.0. The maximum absolute atomic E-state index is 12.0. The summed E-state index contributed by atoms with van der Waals surface area (Å²) in [5.41, 5.74) is 0. The van der Waals surface area contributed by atoms with Crippen LogP contribution in [-0.2, 0) is 10.0 Å². The van der Waals surface area contributed by atoms with Gasteiger partial charge in [-0.15, -0.1) is 0 Å². The molecule has 2 N–H and O–H groups in total. The van der Waals surface area contributed by atoms with Crippen LogP contribution in [0.3, 0.4) is 0 Å². The quantitative estimate of drug-likeness (QED) is 0.832. The molecule has 7 nitrogen and oxygen atoms in total. The van der Waals surface area contributed by atoms with E-state index in [2.05, 4.69) is 9.62 Å². The number of nitrogens with one attached hydrogen (secondary N) is 1. The van der Waals surface area contributed by atoms with Gasteiger partial charge in [0.1, 0.15) is 0 Å². The van der Waals surface area contributed by atoms with E-state index in [1.54, 1.807) is 0 Å². The first-order valence-electron chi connectivity index (χ1n) is 6.43. The van der Waals surface area contributed by atoms with Gasteiger partial charge in [-0.05, 0) is 38.6 Å². The summed E-state index contributed by atoms with van der Waals surface area (Å²) < 4.78 is 31.3. The van der Waals surface area contributed by atoms with Crippen molar-refractivity contribution in [3.63, 3.8) is 0 Å². The van der Waals surface area contributed by atoms with Gasteiger partial charge < -0.3 is 14.4 Å². The lowest BCUT2D eigenvalue weighted by Gasteiger charge is -2.32. The zero-order chi connectivity index (χ0) is 14.8. The molecule has 0 radical (unpaired) electrons. The molecule has 1 aromatic rings. The average Bonchev–Trinajstić information content (AvgIpc) is 2.88. The van der Waals surface area contributed by atoms with Crippen molar-refractivity contribution < 1.29 is 22.7 Å². The van der Waals surface area contributed by atoms with E-state index in [1.165, 1.54) is 0 Å². The molecular formula is C12H18N2O5S. The Kier molecular flexibility index (Phi) is 4.46. The number of aromatic carboxylic acids is 1. The molecule has 20 heavy (non-hydrogen) atoms. The van der Waals surface area contributed by atoms with Crippen LogP contribution in [0.5, 0.6) is 0 Å². The molecule has 1 atom stereocenters. The van der Waals surface area contributed by atoms with Gasteiger partial charge in [-0.3, -0.25) is 0 Å². The monoisotopic (exact) mass is 302 g/mol. The molecule has 0 aliphatic carbocycles. The second kappa shape index (κ2) is 5.94. The Morgan fingerprint density at radius 2 is 2.25 bits per heavy atom. The summed E-state index contributed by atoms with van der Waals surface area (Å²) in [6.45, 7) is 1.25. The Bertz CT molecular complexity index is 580. The molecule has 2 rings (SSSR count). The first kappa shape index (κ1) is 15.0. The maximum Gasteiger partial charge on any atom is 0.371 e. The van der Waals surface area contributed by atoms with Gasteiger partial charge in [0.2, 0.25) is 10.9 Å². The highest BCUT2D eigenvalue weighted by molar-refractivity contribution is 7.89. The molecule has 2 heterocycles. The highest BCUT2D eigenvalue weighted by Crippen LogP contribution is 2.17. The molecule has 1 aliphatic rings. The minimum absolute atomic E-state index is 0.160. The molecule has 1 fully saturated rings. The predicted molar refractivity (Wildman–Crippen MR) is 71.1 cm³/mol. The van der Waals surface area contributed by atoms with Crippen LogP contribution < -0.4 is 4.72 Å². The van der Waals surface area contributed by atoms with Crippen molar-refractivity contribution in [3.8, 4) is 0 Å². The molecule has 1 unspecified atom stereocenters. The minimum Gasteiger partial charge on any atom is -0.475 e. The van der Waals surface area contributed by atoms with E-state index in [9.17, 15) is 13.2 Å². The van der Waals surface area contributed by atoms with Crippen LogP contribution in [0.15, 0.2) is 21.6 Å². The van der Waals surface area contributed by atoms with Gasteiger partial charge in [-0.1, -0.05) is 6.42 Å². The first-order chi connectivity index (χ1) is 9.40. The van der Waals surface area contributed by atoms with Crippen molar-refractivity contribution in [1.82, 2.24) is 9.62 Å². The number of nitrogens with zero attached hydrogens (tertiary/aromatic N) is 1. The van der Waals surface area contributed by atoms with Crippen LogP contribution in [0.25, 0.3) is 0 Å². The van der Waals surface area contributed by atoms with Crippen molar-refractivity contribution in [2.45, 2.75) is 30.4 Å². The smallest absolute Gasteiger partial charge is 0.371 e. The van der Waals surface area contributed by atoms with Gasteiger partial charge in [0.15, 0.2) is 0 Å². The largest absolute Gasteiger partial charge is 0.475 e. The lowest BCUT2D eigenvalue weighted by molar-refractivity contribution is 0.0656. The molecule has 0 bridgehead atoms. The van der Waals surface area contributed by atoms with E-state index in [-0.39, 0.29) is 16.9 Å². The predicted octanol–water partition coefficient (Wildman–Crippen LogP) is 0.740. The topological polar surface area (TPSA) is 99.9 Å². The molecule has 1 saturated heterocycles. The van der Waals surface area contributed by atoms with Gasteiger partial charge in [-0.25, -0.2) is 17.9 Å². The van der Waals surface area contributed by atoms with Gasteiger partial charge in [-0.2, -0.15) is 0 Å². The standard InChI is InChI=1S/C12H18N2O5S/c1-14-7-3-2-4-9(14)8-13-20(17,18)11-6-5-10(19-11)12(15)16/h5-6,9,13H,2-4,7-8H2,1H3,(H,15,16). The number of piperidine rings is 1. The minimum atomic E-state index is -3.80. The lowest BCUT2D eigenvalue weighted by atomic mass is 10.0. The summed E-state index contributed by atoms with van der Waals surface area (Å²) in [4.78, 5) is 12.8. The fourth-order valence-electron chi connectivity index (χ4n) is 2.26. The van der Waals surface area contributed by atoms with Crippen LogP contribution >= 0.6 is 0 Å². The number of hydrogen-bond acceptors (Lipinski definition) is 5. The van der Waals surface area contributed by atoms with Crippen molar-refractivity contribution in [2.75, 3.05) is 20.1 Å². The molecule has 0 saturated carbocycles. The molecule has 1 aromatic heterocycles. The Labute approximate surface area is 117 Å². The highest BCUT2D eigenvalue weighted by Gasteiger charge is 2.24. The Morgan fingerprint density at radius 3 is 2.85 bits per heavy atom. The van der Waals surface area contributed by atoms with E-state index < -0.39 is 16.0 Å². The average molecular weight is 302 g/mol. The second-order valence-corrected chi connectivity index (χ2v) is 6.60. The Balaban J connectivity index is 2.01. The zero-order valence-electron chi connectivity index (χ0n) is 11.2. The van der Waals surface area contributed by atoms with E-state index in [1.807, 2.05) is 7.05 Å². The van der Waals surface area contributed by atoms with Crippen molar-refractivity contribution in [3.05, 3.63) is 17.9 Å². The van der Waals surface area contributed by atoms with Crippen LogP contribution in [0, 0.1) is 0 Å². The molecule has 1 aliphatic heterocycles. The number of hydrogen-bond donors (Lipinski definition) is 2. The lowest BCUT2D eigenvalue weighted by Crippen LogP contribution is -2.44. The summed E-state index contributed by atoms with van der Waals surface area (Å²) >= 11 is 0. The molecule has 112 valence electrons. The number of rotatable bonds is 5. The molecule has 8 heteroatoms. The third-order valence-corrected chi connectivity index (χ3v) is 4.78. The second-order valence-electron chi connectivity index (χ2n) is 4.91. The van der Waals surface area contributed by atoms with E-state index in [4.69, 9.17) is 9.52 Å². The summed E-state index contributed by atoms with van der Waals surface area (Å²) in [7, 11) is -1.84. The summed E-state index contributed by atoms with van der Waals surface area (Å²) in [5, 5.41) is 8.35. The number of likely N-dealkylation sites (tertiary alicyclic amines) is 1. The van der Waals surface area contributed by atoms with E-state index in [0.717, 1.165) is 37.9 Å². The SMILES string of the molecule is CN1CCCCC1CNS(=O)(=O)c1ccc(C(=O)O)o1. The highest BCUT2D eigenvalue weighted by atomic mass is 32.2. The Hall–Kier alpha value is -1.38. The summed E-state index contributed by atoms with van der Waals surface area (Å²) in [6.07, 6.45) is 3.15. The fraction of sp³-hybridized carbons (Fsp3) is 0.583. The first-order valence-corrected chi connectivity index (χ1v) is 7.91. The number of carboxylic acid groups (broad SMARTS) is 1. The summed E-state index contributed by atoms with van der Waals surface area (Å²) in [5.74, 6) is -1.68. The number of carbonyl (C=O) groups is 1. The van der Waals surface area contributed by atoms with Gasteiger partial charge in [0.05, 0.1) is 0 Å². The van der Waals surface area contributed by atoms with Crippen molar-refractivity contribution >= 4 is 16.0 Å². The molecular weight excluding hydrogens is 284 g/mol. The Morgan fingerprint density at radius 1 is 1.50 bits per heavy atom. The van der Waals surface area contributed by atoms with Crippen LogP contribution in [0.4, 0.5) is 0 Å². The van der Waals surface area contributed by atoms with E-state index >= 15 is 0 Å². The van der Waals surface area contributed by atoms with E-state index in [0.29, 0.717) is 6.54 Å². The molecule has 0 aromatic carbocycles. The van der Waals surface area contributed by atoms with Crippen molar-refractivity contribution in [1.29, 1.82) is 0 Å². The fourth-order valence-corrected chi connectivity index (χ4v) is 3.26. The maximum atomic E-state index is 12.0. The normalized spacial score (nSPS) is 20.9. The third kappa shape index (κ3) is 3.38.